The number of aromatic nitrogens is 2. The summed E-state index contributed by atoms with van der Waals surface area (Å²) in [5.41, 5.74) is -0.390. The first-order valence-corrected chi connectivity index (χ1v) is 10.4. The third-order valence-electron chi connectivity index (χ3n) is 4.69. The van der Waals surface area contributed by atoms with Gasteiger partial charge in [0.2, 0.25) is 11.9 Å². The minimum Gasteiger partial charge on any atom is -0.467 e. The quantitative estimate of drug-likeness (QED) is 0.441. The molecule has 0 aliphatic carbocycles. The van der Waals surface area contributed by atoms with E-state index < -0.39 is 29.6 Å². The van der Waals surface area contributed by atoms with Gasteiger partial charge in [-0.1, -0.05) is 6.07 Å². The lowest BCUT2D eigenvalue weighted by molar-refractivity contribution is -0.137. The SMILES string of the molecule is CC(NC(=O)c1cccs1)C(=O)Nc1nc2cc(C(F)(F)F)ccc2n1Cc1ccco1. The molecule has 0 saturated heterocycles. The van der Waals surface area contributed by atoms with Crippen molar-refractivity contribution in [3.8, 4) is 0 Å². The van der Waals surface area contributed by atoms with Crippen molar-refractivity contribution in [1.29, 1.82) is 0 Å². The minimum absolute atomic E-state index is 0.0398. The number of anilines is 1. The summed E-state index contributed by atoms with van der Waals surface area (Å²) >= 11 is 1.24. The van der Waals surface area contributed by atoms with Crippen molar-refractivity contribution in [3.63, 3.8) is 0 Å². The summed E-state index contributed by atoms with van der Waals surface area (Å²) in [5, 5.41) is 6.93. The fourth-order valence-electron chi connectivity index (χ4n) is 3.08. The van der Waals surface area contributed by atoms with Crippen LogP contribution in [0.2, 0.25) is 0 Å². The van der Waals surface area contributed by atoms with Crippen LogP contribution in [0.4, 0.5) is 19.1 Å². The standard InChI is InChI=1S/C21H17F3N4O3S/c1-12(25-19(30)17-5-3-9-32-17)18(29)27-20-26-15-10-13(21(22,23)24)6-7-16(15)28(20)11-14-4-2-8-31-14/h2-10,12H,11H2,1H3,(H,25,30)(H,26,27,29). The molecular weight excluding hydrogens is 445 g/mol. The summed E-state index contributed by atoms with van der Waals surface area (Å²) in [5.74, 6) is -0.403. The molecule has 4 rings (SSSR count). The summed E-state index contributed by atoms with van der Waals surface area (Å²) in [6, 6.07) is 8.99. The van der Waals surface area contributed by atoms with Gasteiger partial charge in [0.25, 0.3) is 5.91 Å². The zero-order valence-electron chi connectivity index (χ0n) is 16.6. The van der Waals surface area contributed by atoms with Crippen LogP contribution in [0.1, 0.15) is 27.9 Å². The van der Waals surface area contributed by atoms with Gasteiger partial charge in [0.15, 0.2) is 0 Å². The number of thiophene rings is 1. The lowest BCUT2D eigenvalue weighted by Crippen LogP contribution is -2.41. The van der Waals surface area contributed by atoms with E-state index in [1.54, 1.807) is 34.2 Å². The maximum absolute atomic E-state index is 13.1. The Kier molecular flexibility index (Phi) is 5.74. The van der Waals surface area contributed by atoms with Gasteiger partial charge < -0.3 is 14.3 Å². The van der Waals surface area contributed by atoms with Gasteiger partial charge in [-0.15, -0.1) is 11.3 Å². The first-order chi connectivity index (χ1) is 15.2. The van der Waals surface area contributed by atoms with E-state index in [1.165, 1.54) is 30.6 Å². The number of imidazole rings is 1. The number of nitrogens with one attached hydrogen (secondary N) is 2. The van der Waals surface area contributed by atoms with Gasteiger partial charge in [0.1, 0.15) is 11.8 Å². The maximum atomic E-state index is 13.1. The molecule has 3 heterocycles. The third kappa shape index (κ3) is 4.52. The number of amides is 2. The van der Waals surface area contributed by atoms with Crippen molar-refractivity contribution < 1.29 is 27.2 Å². The van der Waals surface area contributed by atoms with Gasteiger partial charge in [-0.25, -0.2) is 4.98 Å². The highest BCUT2D eigenvalue weighted by atomic mass is 32.1. The van der Waals surface area contributed by atoms with Crippen LogP contribution in [0.25, 0.3) is 11.0 Å². The second-order valence-corrected chi connectivity index (χ2v) is 7.91. The van der Waals surface area contributed by atoms with Crippen molar-refractivity contribution in [2.75, 3.05) is 5.32 Å². The van der Waals surface area contributed by atoms with Gasteiger partial charge in [0.05, 0.1) is 34.3 Å². The Labute approximate surface area is 183 Å². The van der Waals surface area contributed by atoms with Crippen LogP contribution in [0.5, 0.6) is 0 Å². The van der Waals surface area contributed by atoms with Gasteiger partial charge >= 0.3 is 6.18 Å². The van der Waals surface area contributed by atoms with E-state index >= 15 is 0 Å². The average Bonchev–Trinajstić information content (AvgIpc) is 3.49. The first kappa shape index (κ1) is 21.6. The molecule has 1 atom stereocenters. The number of benzene rings is 1. The zero-order chi connectivity index (χ0) is 22.9. The van der Waals surface area contributed by atoms with Gasteiger partial charge in [-0.05, 0) is 48.7 Å². The second kappa shape index (κ2) is 8.50. The molecule has 11 heteroatoms. The zero-order valence-corrected chi connectivity index (χ0v) is 17.5. The van der Waals surface area contributed by atoms with Crippen molar-refractivity contribution in [2.45, 2.75) is 25.7 Å². The van der Waals surface area contributed by atoms with Crippen molar-refractivity contribution >= 4 is 40.1 Å². The van der Waals surface area contributed by atoms with Crippen LogP contribution in [0, 0.1) is 0 Å². The molecule has 3 aromatic heterocycles. The van der Waals surface area contributed by atoms with Crippen LogP contribution >= 0.6 is 11.3 Å². The summed E-state index contributed by atoms with van der Waals surface area (Å²) in [7, 11) is 0. The predicted molar refractivity (Wildman–Crippen MR) is 112 cm³/mol. The second-order valence-electron chi connectivity index (χ2n) is 6.96. The number of hydrogen-bond acceptors (Lipinski definition) is 5. The number of alkyl halides is 3. The topological polar surface area (TPSA) is 89.2 Å². The Morgan fingerprint density at radius 1 is 1.22 bits per heavy atom. The van der Waals surface area contributed by atoms with E-state index in [9.17, 15) is 22.8 Å². The van der Waals surface area contributed by atoms with Gasteiger partial charge in [0, 0.05) is 0 Å². The molecule has 0 fully saturated rings. The Balaban J connectivity index is 1.62. The smallest absolute Gasteiger partial charge is 0.416 e. The fourth-order valence-corrected chi connectivity index (χ4v) is 3.71. The van der Waals surface area contributed by atoms with Crippen molar-refractivity contribution in [3.05, 3.63) is 70.3 Å². The van der Waals surface area contributed by atoms with Crippen molar-refractivity contribution in [2.24, 2.45) is 0 Å². The highest BCUT2D eigenvalue weighted by molar-refractivity contribution is 7.12. The van der Waals surface area contributed by atoms with Crippen LogP contribution in [0.15, 0.2) is 58.5 Å². The molecule has 1 aromatic carbocycles. The molecule has 0 spiro atoms. The number of nitrogens with zero attached hydrogens (tertiary/aromatic N) is 2. The van der Waals surface area contributed by atoms with Crippen LogP contribution in [0.3, 0.4) is 0 Å². The van der Waals surface area contributed by atoms with E-state index in [0.29, 0.717) is 16.2 Å². The molecule has 2 amide bonds. The summed E-state index contributed by atoms with van der Waals surface area (Å²) in [4.78, 5) is 29.6. The molecule has 2 N–H and O–H groups in total. The molecule has 7 nitrogen and oxygen atoms in total. The molecule has 0 aliphatic rings. The number of hydrogen-bond donors (Lipinski definition) is 2. The Bertz CT molecular complexity index is 1250. The molecule has 0 aliphatic heterocycles. The molecule has 0 radical (unpaired) electrons. The Morgan fingerprint density at radius 3 is 2.69 bits per heavy atom. The normalized spacial score (nSPS) is 12.6. The van der Waals surface area contributed by atoms with E-state index in [1.807, 2.05) is 0 Å². The summed E-state index contributed by atoms with van der Waals surface area (Å²) in [6.45, 7) is 1.64. The molecule has 32 heavy (non-hydrogen) atoms. The molecule has 4 aromatic rings. The number of fused-ring (bicyclic) bond motifs is 1. The Morgan fingerprint density at radius 2 is 2.03 bits per heavy atom. The van der Waals surface area contributed by atoms with Crippen LogP contribution in [-0.2, 0) is 17.5 Å². The van der Waals surface area contributed by atoms with E-state index in [2.05, 4.69) is 15.6 Å². The molecule has 166 valence electrons. The molecule has 0 bridgehead atoms. The summed E-state index contributed by atoms with van der Waals surface area (Å²) in [6.07, 6.45) is -3.06. The fraction of sp³-hybridized carbons (Fsp3) is 0.190. The third-order valence-corrected chi connectivity index (χ3v) is 5.56. The van der Waals surface area contributed by atoms with E-state index in [-0.39, 0.29) is 18.0 Å². The molecule has 0 saturated carbocycles. The van der Waals surface area contributed by atoms with Gasteiger partial charge in [-0.3, -0.25) is 14.9 Å². The number of carbonyl (C=O) groups is 2. The molecule has 1 unspecified atom stereocenters. The lowest BCUT2D eigenvalue weighted by Gasteiger charge is -2.14. The largest absolute Gasteiger partial charge is 0.467 e. The van der Waals surface area contributed by atoms with Crippen LogP contribution in [-0.4, -0.2) is 27.4 Å². The van der Waals surface area contributed by atoms with E-state index in [0.717, 1.165) is 12.1 Å². The first-order valence-electron chi connectivity index (χ1n) is 9.47. The number of rotatable bonds is 6. The average molecular weight is 462 g/mol. The summed E-state index contributed by atoms with van der Waals surface area (Å²) < 4.78 is 46.3. The monoisotopic (exact) mass is 462 g/mol. The van der Waals surface area contributed by atoms with Gasteiger partial charge in [-0.2, -0.15) is 13.2 Å². The number of halogens is 3. The maximum Gasteiger partial charge on any atom is 0.416 e. The van der Waals surface area contributed by atoms with E-state index in [4.69, 9.17) is 4.42 Å². The Hall–Kier alpha value is -3.60. The highest BCUT2D eigenvalue weighted by Crippen LogP contribution is 2.32. The van der Waals surface area contributed by atoms with Crippen molar-refractivity contribution in [1.82, 2.24) is 14.9 Å². The van der Waals surface area contributed by atoms with Crippen LogP contribution < -0.4 is 10.6 Å². The number of carbonyl (C=O) groups excluding carboxylic acids is 2. The highest BCUT2D eigenvalue weighted by Gasteiger charge is 2.31. The number of furan rings is 1. The minimum atomic E-state index is -4.52. The molecular formula is C21H17F3N4O3S. The predicted octanol–water partition coefficient (Wildman–Crippen LogP) is 4.51. The lowest BCUT2D eigenvalue weighted by atomic mass is 10.2.